The first kappa shape index (κ1) is 14.6. The number of likely N-dealkylation sites (tertiary alicyclic amines) is 1. The van der Waals surface area contributed by atoms with Gasteiger partial charge >= 0.3 is 0 Å². The Hall–Kier alpha value is -1.38. The summed E-state index contributed by atoms with van der Waals surface area (Å²) in [5.74, 6) is 0.290. The first-order valence-electron chi connectivity index (χ1n) is 7.89. The second-order valence-electron chi connectivity index (χ2n) is 6.81. The quantitative estimate of drug-likeness (QED) is 0.912. The summed E-state index contributed by atoms with van der Waals surface area (Å²) >= 11 is 0. The van der Waals surface area contributed by atoms with E-state index in [9.17, 15) is 5.11 Å². The van der Waals surface area contributed by atoms with Gasteiger partial charge in [-0.25, -0.2) is 0 Å². The number of aliphatic hydroxyl groups is 1. The minimum Gasteiger partial charge on any atom is -0.389 e. The summed E-state index contributed by atoms with van der Waals surface area (Å²) in [7, 11) is 2.15. The molecule has 2 aromatic carbocycles. The molecule has 0 amide bonds. The summed E-state index contributed by atoms with van der Waals surface area (Å²) < 4.78 is 0. The van der Waals surface area contributed by atoms with E-state index in [4.69, 9.17) is 0 Å². The molecule has 0 unspecified atom stereocenters. The SMILES string of the molecule is C[C@@H]1CN(C)[C@@H](C)C[C@]1(O)Cc1cccc2ccccc12. The summed E-state index contributed by atoms with van der Waals surface area (Å²) in [5.41, 5.74) is 0.662. The molecular formula is C19H25NO. The van der Waals surface area contributed by atoms with Crippen LogP contribution < -0.4 is 0 Å². The molecule has 0 radical (unpaired) electrons. The smallest absolute Gasteiger partial charge is 0.0740 e. The zero-order valence-corrected chi connectivity index (χ0v) is 13.2. The molecule has 0 bridgehead atoms. The third-order valence-electron chi connectivity index (χ3n) is 5.26. The van der Waals surface area contributed by atoms with Crippen LogP contribution in [0.25, 0.3) is 10.8 Å². The number of hydrogen-bond acceptors (Lipinski definition) is 2. The van der Waals surface area contributed by atoms with Crippen molar-refractivity contribution in [3.8, 4) is 0 Å². The van der Waals surface area contributed by atoms with Crippen molar-refractivity contribution < 1.29 is 5.11 Å². The summed E-state index contributed by atoms with van der Waals surface area (Å²) in [6.07, 6.45) is 1.58. The molecule has 2 heteroatoms. The van der Waals surface area contributed by atoms with Gasteiger partial charge in [0.15, 0.2) is 0 Å². The van der Waals surface area contributed by atoms with Crippen molar-refractivity contribution >= 4 is 10.8 Å². The zero-order valence-electron chi connectivity index (χ0n) is 13.2. The Labute approximate surface area is 127 Å². The van der Waals surface area contributed by atoms with Crippen molar-refractivity contribution in [3.63, 3.8) is 0 Å². The molecule has 2 aromatic rings. The lowest BCUT2D eigenvalue weighted by atomic mass is 9.75. The number of piperidine rings is 1. The predicted octanol–water partition coefficient (Wildman–Crippen LogP) is 3.47. The van der Waals surface area contributed by atoms with Crippen molar-refractivity contribution in [2.45, 2.75) is 38.3 Å². The fourth-order valence-electron chi connectivity index (χ4n) is 3.67. The monoisotopic (exact) mass is 283 g/mol. The molecule has 0 spiro atoms. The highest BCUT2D eigenvalue weighted by atomic mass is 16.3. The van der Waals surface area contributed by atoms with Gasteiger partial charge in [0.2, 0.25) is 0 Å². The lowest BCUT2D eigenvalue weighted by molar-refractivity contribution is -0.0776. The third-order valence-corrected chi connectivity index (χ3v) is 5.26. The maximum absolute atomic E-state index is 11.2. The van der Waals surface area contributed by atoms with Crippen molar-refractivity contribution in [1.82, 2.24) is 4.90 Å². The minimum absolute atomic E-state index is 0.290. The van der Waals surface area contributed by atoms with E-state index < -0.39 is 5.60 Å². The molecule has 1 N–H and O–H groups in total. The van der Waals surface area contributed by atoms with Crippen LogP contribution in [0.5, 0.6) is 0 Å². The van der Waals surface area contributed by atoms with Gasteiger partial charge in [-0.05, 0) is 42.6 Å². The molecule has 21 heavy (non-hydrogen) atoms. The minimum atomic E-state index is -0.601. The van der Waals surface area contributed by atoms with Crippen LogP contribution >= 0.6 is 0 Å². The van der Waals surface area contributed by atoms with Gasteiger partial charge in [-0.1, -0.05) is 49.4 Å². The second-order valence-corrected chi connectivity index (χ2v) is 6.81. The van der Waals surface area contributed by atoms with Gasteiger partial charge in [0.1, 0.15) is 0 Å². The van der Waals surface area contributed by atoms with Crippen molar-refractivity contribution in [3.05, 3.63) is 48.0 Å². The Morgan fingerprint density at radius 3 is 2.67 bits per heavy atom. The Morgan fingerprint density at radius 1 is 1.14 bits per heavy atom. The normalized spacial score (nSPS) is 30.7. The lowest BCUT2D eigenvalue weighted by Gasteiger charge is -2.46. The molecule has 3 rings (SSSR count). The van der Waals surface area contributed by atoms with E-state index in [1.807, 2.05) is 0 Å². The Morgan fingerprint density at radius 2 is 1.86 bits per heavy atom. The molecule has 0 aliphatic carbocycles. The van der Waals surface area contributed by atoms with Crippen LogP contribution in [0.3, 0.4) is 0 Å². The van der Waals surface area contributed by atoms with Crippen molar-refractivity contribution in [1.29, 1.82) is 0 Å². The van der Waals surface area contributed by atoms with E-state index >= 15 is 0 Å². The van der Waals surface area contributed by atoms with Gasteiger partial charge in [0.25, 0.3) is 0 Å². The largest absolute Gasteiger partial charge is 0.389 e. The Kier molecular flexibility index (Phi) is 3.76. The van der Waals surface area contributed by atoms with Crippen LogP contribution in [-0.4, -0.2) is 35.2 Å². The van der Waals surface area contributed by atoms with Crippen molar-refractivity contribution in [2.75, 3.05) is 13.6 Å². The highest BCUT2D eigenvalue weighted by molar-refractivity contribution is 5.85. The zero-order chi connectivity index (χ0) is 15.0. The number of benzene rings is 2. The molecule has 1 aliphatic heterocycles. The van der Waals surface area contributed by atoms with E-state index in [2.05, 4.69) is 68.3 Å². The Balaban J connectivity index is 1.94. The van der Waals surface area contributed by atoms with Gasteiger partial charge in [-0.2, -0.15) is 0 Å². The Bertz CT molecular complexity index is 633. The van der Waals surface area contributed by atoms with Gasteiger partial charge in [-0.15, -0.1) is 0 Å². The molecule has 0 saturated carbocycles. The molecule has 1 saturated heterocycles. The van der Waals surface area contributed by atoms with E-state index in [0.29, 0.717) is 6.04 Å². The molecule has 1 aliphatic rings. The van der Waals surface area contributed by atoms with Gasteiger partial charge in [-0.3, -0.25) is 0 Å². The molecule has 112 valence electrons. The molecular weight excluding hydrogens is 258 g/mol. The van der Waals surface area contributed by atoms with Gasteiger partial charge in [0.05, 0.1) is 5.60 Å². The first-order chi connectivity index (χ1) is 9.99. The van der Waals surface area contributed by atoms with Crippen LogP contribution in [0.15, 0.2) is 42.5 Å². The number of rotatable bonds is 2. The lowest BCUT2D eigenvalue weighted by Crippen LogP contribution is -2.54. The summed E-state index contributed by atoms with van der Waals surface area (Å²) in [6, 6.07) is 15.3. The second kappa shape index (κ2) is 5.43. The molecule has 3 atom stereocenters. The topological polar surface area (TPSA) is 23.5 Å². The van der Waals surface area contributed by atoms with Crippen LogP contribution in [0.4, 0.5) is 0 Å². The highest BCUT2D eigenvalue weighted by Gasteiger charge is 2.41. The molecule has 2 nitrogen and oxygen atoms in total. The summed E-state index contributed by atoms with van der Waals surface area (Å²) in [5, 5.41) is 13.7. The maximum atomic E-state index is 11.2. The van der Waals surface area contributed by atoms with Crippen LogP contribution in [0.1, 0.15) is 25.8 Å². The molecule has 0 aromatic heterocycles. The van der Waals surface area contributed by atoms with Crippen LogP contribution in [0.2, 0.25) is 0 Å². The molecule has 1 fully saturated rings. The van der Waals surface area contributed by atoms with E-state index in [1.54, 1.807) is 0 Å². The average Bonchev–Trinajstić information content (AvgIpc) is 2.46. The fraction of sp³-hybridized carbons (Fsp3) is 0.474. The summed E-state index contributed by atoms with van der Waals surface area (Å²) in [4.78, 5) is 2.35. The number of fused-ring (bicyclic) bond motifs is 1. The van der Waals surface area contributed by atoms with E-state index in [0.717, 1.165) is 19.4 Å². The highest BCUT2D eigenvalue weighted by Crippen LogP contribution is 2.35. The van der Waals surface area contributed by atoms with E-state index in [1.165, 1.54) is 16.3 Å². The van der Waals surface area contributed by atoms with Crippen LogP contribution in [0, 0.1) is 5.92 Å². The van der Waals surface area contributed by atoms with Gasteiger partial charge < -0.3 is 10.0 Å². The number of hydrogen-bond donors (Lipinski definition) is 1. The number of nitrogens with zero attached hydrogens (tertiary/aromatic N) is 1. The first-order valence-corrected chi connectivity index (χ1v) is 7.89. The summed E-state index contributed by atoms with van der Waals surface area (Å²) in [6.45, 7) is 5.34. The van der Waals surface area contributed by atoms with Crippen molar-refractivity contribution in [2.24, 2.45) is 5.92 Å². The predicted molar refractivity (Wildman–Crippen MR) is 88.5 cm³/mol. The molecule has 1 heterocycles. The van der Waals surface area contributed by atoms with Gasteiger partial charge in [0, 0.05) is 19.0 Å². The maximum Gasteiger partial charge on any atom is 0.0740 e. The van der Waals surface area contributed by atoms with E-state index in [-0.39, 0.29) is 5.92 Å². The fourth-order valence-corrected chi connectivity index (χ4v) is 3.67. The average molecular weight is 283 g/mol. The third kappa shape index (κ3) is 2.70. The standard InChI is InChI=1S/C19H25NO/c1-14-13-20(3)15(2)11-19(14,21)12-17-9-6-8-16-7-4-5-10-18(16)17/h4-10,14-15,21H,11-13H2,1-3H3/t14-,15+,19+/m1/s1. The van der Waals surface area contributed by atoms with Crippen LogP contribution in [-0.2, 0) is 6.42 Å².